The Bertz CT molecular complexity index is 1390. The monoisotopic (exact) mass is 710 g/mol. The third-order valence-electron chi connectivity index (χ3n) is 10.1. The Hall–Kier alpha value is -3.00. The van der Waals surface area contributed by atoms with Gasteiger partial charge in [-0.2, -0.15) is 4.31 Å². The number of hydrogen-bond acceptors (Lipinski definition) is 7. The highest BCUT2D eigenvalue weighted by Gasteiger charge is 2.70. The predicted octanol–water partition coefficient (Wildman–Crippen LogP) is 2.81. The predicted molar refractivity (Wildman–Crippen MR) is 191 cm³/mol. The molecule has 0 aromatic heterocycles. The molecule has 2 rings (SSSR count). The number of hydrogen-bond donors (Lipinski definition) is 4. The number of amides is 5. The molecule has 0 spiro atoms. The molecule has 1 saturated heterocycles. The molecule has 0 radical (unpaired) electrons. The molecule has 14 heteroatoms. The Morgan fingerprint density at radius 1 is 0.959 bits per heavy atom. The molecule has 0 aromatic carbocycles. The van der Waals surface area contributed by atoms with Gasteiger partial charge in [0.2, 0.25) is 27.6 Å². The average molecular weight is 711 g/mol. The van der Waals surface area contributed by atoms with Crippen molar-refractivity contribution in [3.05, 3.63) is 12.7 Å². The smallest absolute Gasteiger partial charge is 0.315 e. The van der Waals surface area contributed by atoms with E-state index in [2.05, 4.69) is 27.8 Å². The van der Waals surface area contributed by atoms with Gasteiger partial charge in [0.1, 0.15) is 12.1 Å². The van der Waals surface area contributed by atoms with E-state index in [1.807, 2.05) is 41.5 Å². The number of sulfonamides is 1. The minimum atomic E-state index is -3.77. The van der Waals surface area contributed by atoms with Gasteiger partial charge in [-0.25, -0.2) is 13.2 Å². The highest BCUT2D eigenvalue weighted by atomic mass is 32.2. The SMILES string of the molecule is C=CCNC(=O)C(=O)C(CCC)NC(=O)[C@@H]1C2[C@H](CN1C(=O)[C@@H](NC(=O)N[C@H](CS(=O)(=O)N(C)C(C)(C)C)C(C)(C)C)C(C)(C)C)C2(C)C. The van der Waals surface area contributed by atoms with Gasteiger partial charge in [-0.05, 0) is 55.3 Å². The Morgan fingerprint density at radius 3 is 2.00 bits per heavy atom. The number of urea groups is 1. The van der Waals surface area contributed by atoms with Crippen molar-refractivity contribution in [2.45, 2.75) is 126 Å². The molecular formula is C35H62N6O7S. The van der Waals surface area contributed by atoms with Gasteiger partial charge in [0, 0.05) is 25.7 Å². The molecule has 49 heavy (non-hydrogen) atoms. The van der Waals surface area contributed by atoms with Gasteiger partial charge in [0.25, 0.3) is 5.91 Å². The lowest BCUT2D eigenvalue weighted by Crippen LogP contribution is -2.62. The number of fused-ring (bicyclic) bond motifs is 1. The van der Waals surface area contributed by atoms with Crippen LogP contribution in [0.1, 0.15) is 95.9 Å². The summed E-state index contributed by atoms with van der Waals surface area (Å²) in [5.74, 6) is -3.05. The Kier molecular flexibility index (Phi) is 13.0. The fourth-order valence-corrected chi connectivity index (χ4v) is 8.49. The quantitative estimate of drug-likeness (QED) is 0.158. The number of nitrogens with zero attached hydrogens (tertiary/aromatic N) is 2. The van der Waals surface area contributed by atoms with Gasteiger partial charge in [-0.1, -0.05) is 74.8 Å². The van der Waals surface area contributed by atoms with E-state index in [0.29, 0.717) is 13.0 Å². The first kappa shape index (κ1) is 42.2. The van der Waals surface area contributed by atoms with Gasteiger partial charge in [0.15, 0.2) is 0 Å². The minimum absolute atomic E-state index is 0.0353. The maximum atomic E-state index is 14.4. The third kappa shape index (κ3) is 10.0. The van der Waals surface area contributed by atoms with Crippen LogP contribution in [-0.2, 0) is 29.2 Å². The Labute approximate surface area is 294 Å². The Balaban J connectivity index is 2.35. The summed E-state index contributed by atoms with van der Waals surface area (Å²) in [6, 6.07) is -4.55. The molecule has 1 saturated carbocycles. The highest BCUT2D eigenvalue weighted by molar-refractivity contribution is 7.89. The van der Waals surface area contributed by atoms with E-state index >= 15 is 0 Å². The summed E-state index contributed by atoms with van der Waals surface area (Å²) in [6.45, 7) is 26.1. The van der Waals surface area contributed by atoms with Crippen LogP contribution >= 0.6 is 0 Å². The topological polar surface area (TPSA) is 174 Å². The maximum Gasteiger partial charge on any atom is 0.315 e. The number of carbonyl (C=O) groups excluding carboxylic acids is 5. The lowest BCUT2D eigenvalue weighted by Gasteiger charge is -2.39. The molecular weight excluding hydrogens is 648 g/mol. The van der Waals surface area contributed by atoms with Crippen LogP contribution < -0.4 is 21.3 Å². The summed E-state index contributed by atoms with van der Waals surface area (Å²) in [5, 5.41) is 10.9. The van der Waals surface area contributed by atoms with Crippen molar-refractivity contribution >= 4 is 39.6 Å². The molecule has 0 aromatic rings. The van der Waals surface area contributed by atoms with Gasteiger partial charge in [-0.3, -0.25) is 19.2 Å². The molecule has 2 fully saturated rings. The average Bonchev–Trinajstić information content (AvgIpc) is 3.26. The van der Waals surface area contributed by atoms with E-state index in [1.54, 1.807) is 41.5 Å². The van der Waals surface area contributed by atoms with Crippen molar-refractivity contribution in [3.8, 4) is 0 Å². The normalized spacial score (nSPS) is 22.3. The molecule has 2 unspecified atom stereocenters. The highest BCUT2D eigenvalue weighted by Crippen LogP contribution is 2.65. The lowest BCUT2D eigenvalue weighted by atomic mass is 9.85. The van der Waals surface area contributed by atoms with Gasteiger partial charge < -0.3 is 26.2 Å². The molecule has 1 aliphatic carbocycles. The van der Waals surface area contributed by atoms with Crippen molar-refractivity contribution < 1.29 is 32.4 Å². The molecule has 280 valence electrons. The second-order valence-corrected chi connectivity index (χ2v) is 19.4. The van der Waals surface area contributed by atoms with Crippen molar-refractivity contribution in [1.29, 1.82) is 0 Å². The van der Waals surface area contributed by atoms with Crippen LogP contribution in [0.4, 0.5) is 4.79 Å². The minimum Gasteiger partial charge on any atom is -0.346 e. The van der Waals surface area contributed by atoms with Crippen LogP contribution in [0.5, 0.6) is 0 Å². The second kappa shape index (κ2) is 15.1. The summed E-state index contributed by atoms with van der Waals surface area (Å²) < 4.78 is 27.9. The molecule has 6 atom stereocenters. The van der Waals surface area contributed by atoms with E-state index in [-0.39, 0.29) is 36.0 Å². The fraction of sp³-hybridized carbons (Fsp3) is 0.800. The zero-order chi connectivity index (χ0) is 38.1. The van der Waals surface area contributed by atoms with Crippen molar-refractivity contribution in [1.82, 2.24) is 30.5 Å². The number of rotatable bonds is 14. The first-order chi connectivity index (χ1) is 22.1. The number of piperidine rings is 1. The first-order valence-electron chi connectivity index (χ1n) is 17.2. The lowest BCUT2D eigenvalue weighted by molar-refractivity contribution is -0.145. The van der Waals surface area contributed by atoms with Crippen LogP contribution in [0.15, 0.2) is 12.7 Å². The van der Waals surface area contributed by atoms with Gasteiger partial charge >= 0.3 is 6.03 Å². The summed E-state index contributed by atoms with van der Waals surface area (Å²) in [5.41, 5.74) is -2.33. The number of Topliss-reactive ketones (excluding diaryl/α,β-unsaturated/α-hetero) is 1. The van der Waals surface area contributed by atoms with Crippen molar-refractivity contribution in [3.63, 3.8) is 0 Å². The molecule has 13 nitrogen and oxygen atoms in total. The summed E-state index contributed by atoms with van der Waals surface area (Å²) in [4.78, 5) is 68.8. The van der Waals surface area contributed by atoms with Crippen LogP contribution in [0.3, 0.4) is 0 Å². The fourth-order valence-electron chi connectivity index (χ4n) is 6.43. The maximum absolute atomic E-state index is 14.4. The zero-order valence-corrected chi connectivity index (χ0v) is 32.8. The largest absolute Gasteiger partial charge is 0.346 e. The molecule has 0 bridgehead atoms. The molecule has 1 aliphatic heterocycles. The van der Waals surface area contributed by atoms with E-state index in [9.17, 15) is 32.4 Å². The number of ketones is 1. The van der Waals surface area contributed by atoms with Crippen LogP contribution in [0, 0.1) is 28.1 Å². The number of likely N-dealkylation sites (tertiary alicyclic amines) is 1. The molecule has 4 N–H and O–H groups in total. The van der Waals surface area contributed by atoms with Crippen LogP contribution in [-0.4, -0.2) is 103 Å². The van der Waals surface area contributed by atoms with E-state index in [1.165, 1.54) is 22.3 Å². The van der Waals surface area contributed by atoms with Crippen molar-refractivity contribution in [2.75, 3.05) is 25.9 Å². The van der Waals surface area contributed by atoms with Crippen LogP contribution in [0.2, 0.25) is 0 Å². The summed E-state index contributed by atoms with van der Waals surface area (Å²) in [7, 11) is -2.26. The van der Waals surface area contributed by atoms with Gasteiger partial charge in [0.05, 0.1) is 17.8 Å². The van der Waals surface area contributed by atoms with Crippen LogP contribution in [0.25, 0.3) is 0 Å². The number of nitrogens with one attached hydrogen (secondary N) is 4. The van der Waals surface area contributed by atoms with E-state index in [4.69, 9.17) is 0 Å². The first-order valence-corrected chi connectivity index (χ1v) is 18.8. The molecule has 1 heterocycles. The van der Waals surface area contributed by atoms with E-state index in [0.717, 1.165) is 0 Å². The molecule has 2 aliphatic rings. The second-order valence-electron chi connectivity index (χ2n) is 17.4. The summed E-state index contributed by atoms with van der Waals surface area (Å²) in [6.07, 6.45) is 2.23. The Morgan fingerprint density at radius 2 is 1.53 bits per heavy atom. The zero-order valence-electron chi connectivity index (χ0n) is 31.9. The third-order valence-corrected chi connectivity index (χ3v) is 12.2. The van der Waals surface area contributed by atoms with Crippen molar-refractivity contribution in [2.24, 2.45) is 28.1 Å². The van der Waals surface area contributed by atoms with Gasteiger partial charge in [-0.15, -0.1) is 6.58 Å². The standard InChI is InChI=1S/C35H62N6O7S/c1-15-17-22(26(42)29(44)36-18-16-2)37-28(43)25-24-21(35(24,12)13)19-41(25)30(45)27(33(6,7)8)39-31(46)38-23(32(3,4)5)20-49(47,48)40(14)34(9,10)11/h16,21-25,27H,2,15,17-20H2,1,3-14H3,(H,36,44)(H,37,43)(H2,38,39,46)/t21-,22?,23+,24?,25-,27+/m0/s1. The molecule has 5 amide bonds. The number of carbonyl (C=O) groups is 5. The van der Waals surface area contributed by atoms with E-state index < -0.39 is 80.1 Å². The summed E-state index contributed by atoms with van der Waals surface area (Å²) >= 11 is 0.